The zero-order valence-corrected chi connectivity index (χ0v) is 23.6. The Hall–Kier alpha value is -5.92. The van der Waals surface area contributed by atoms with E-state index in [1.165, 1.54) is 0 Å². The highest BCUT2D eigenvalue weighted by Crippen LogP contribution is 2.44. The Morgan fingerprint density at radius 2 is 0.844 bits per heavy atom. The maximum absolute atomic E-state index is 9.17. The summed E-state index contributed by atoms with van der Waals surface area (Å²) >= 11 is 0. The Kier molecular flexibility index (Phi) is 3.62. The third-order valence-electron chi connectivity index (χ3n) is 8.21. The van der Waals surface area contributed by atoms with Crippen LogP contribution < -0.4 is 0 Å². The first-order valence-corrected chi connectivity index (χ1v) is 14.4. The van der Waals surface area contributed by atoms with E-state index >= 15 is 0 Å². The molecule has 0 saturated heterocycles. The number of rotatable bonds is 4. The molecule has 9 aromatic rings. The van der Waals surface area contributed by atoms with E-state index in [2.05, 4.69) is 18.2 Å². The van der Waals surface area contributed by atoms with Crippen LogP contribution in [0.3, 0.4) is 0 Å². The van der Waals surface area contributed by atoms with Crippen molar-refractivity contribution in [3.63, 3.8) is 0 Å². The van der Waals surface area contributed by atoms with Crippen LogP contribution in [0.4, 0.5) is 0 Å². The summed E-state index contributed by atoms with van der Waals surface area (Å²) in [5.74, 6) is 0. The van der Waals surface area contributed by atoms with Gasteiger partial charge in [0.15, 0.2) is 0 Å². The van der Waals surface area contributed by atoms with Gasteiger partial charge in [0, 0.05) is 10.8 Å². The Labute approximate surface area is 279 Å². The fourth-order valence-corrected chi connectivity index (χ4v) is 6.13. The minimum atomic E-state index is -0.712. The normalized spacial score (nSPS) is 15.6. The van der Waals surface area contributed by atoms with E-state index in [1.807, 2.05) is 48.5 Å². The summed E-state index contributed by atoms with van der Waals surface area (Å²) in [6, 6.07) is 20.7. The second-order valence-corrected chi connectivity index (χ2v) is 10.7. The Morgan fingerprint density at radius 1 is 0.333 bits per heavy atom. The minimum absolute atomic E-state index is 0.0774. The van der Waals surface area contributed by atoms with E-state index in [9.17, 15) is 0 Å². The largest absolute Gasteiger partial charge is 0.456 e. The quantitative estimate of drug-likeness (QED) is 0.187. The molecular formula is C44H28O. The topological polar surface area (TPSA) is 13.1 Å². The summed E-state index contributed by atoms with van der Waals surface area (Å²) in [6.07, 6.45) is 0. The second-order valence-electron chi connectivity index (χ2n) is 10.7. The molecular weight excluding hydrogens is 544 g/mol. The number of hydrogen-bond acceptors (Lipinski definition) is 1. The monoisotopic (exact) mass is 585 g/mol. The average molecular weight is 586 g/mol. The molecule has 0 radical (unpaired) electrons. The van der Waals surface area contributed by atoms with Gasteiger partial charge < -0.3 is 4.42 Å². The molecule has 1 heteroatoms. The maximum atomic E-state index is 9.17. The van der Waals surface area contributed by atoms with E-state index in [0.717, 1.165) is 38.6 Å². The van der Waals surface area contributed by atoms with Crippen molar-refractivity contribution in [3.05, 3.63) is 170 Å². The first-order chi connectivity index (χ1) is 27.7. The van der Waals surface area contributed by atoms with Crippen LogP contribution in [-0.4, -0.2) is 0 Å². The predicted molar refractivity (Wildman–Crippen MR) is 190 cm³/mol. The van der Waals surface area contributed by atoms with Gasteiger partial charge in [-0.1, -0.05) is 145 Å². The highest BCUT2D eigenvalue weighted by atomic mass is 16.3. The number of hydrogen-bond donors (Lipinski definition) is 0. The minimum Gasteiger partial charge on any atom is -0.456 e. The molecule has 1 heterocycles. The molecule has 0 aliphatic rings. The van der Waals surface area contributed by atoms with Crippen LogP contribution in [-0.2, 0) is 0 Å². The van der Waals surface area contributed by atoms with Crippen molar-refractivity contribution in [2.24, 2.45) is 0 Å². The first-order valence-electron chi connectivity index (χ1n) is 20.9. The van der Waals surface area contributed by atoms with Crippen LogP contribution in [0.15, 0.2) is 174 Å². The fraction of sp³-hybridized carbons (Fsp3) is 0. The molecule has 0 aliphatic carbocycles. The van der Waals surface area contributed by atoms with Crippen LogP contribution in [0.5, 0.6) is 0 Å². The van der Waals surface area contributed by atoms with E-state index in [1.54, 1.807) is 24.3 Å². The Bertz CT molecular complexity index is 3140. The van der Waals surface area contributed by atoms with Crippen molar-refractivity contribution >= 4 is 43.5 Å². The SMILES string of the molecule is [2H]c1c([2H])c([2H])c(-c2c3c([2H])c([2H])c([2H])c([2H])c3c(-c3ccc(-c4ccc5c(c4)oc4ccc(-c6ccccc6)cc45)cc3)c3c([2H])c([2H])c([2H])c([2H])c23)c([2H])c1[2H]. The van der Waals surface area contributed by atoms with Crippen LogP contribution in [0, 0.1) is 0 Å². The molecule has 1 aromatic heterocycles. The molecule has 0 spiro atoms. The highest BCUT2D eigenvalue weighted by molar-refractivity contribution is 6.21. The third kappa shape index (κ3) is 4.24. The lowest BCUT2D eigenvalue weighted by molar-refractivity contribution is 0.669. The highest BCUT2D eigenvalue weighted by Gasteiger charge is 2.16. The number of fused-ring (bicyclic) bond motifs is 5. The van der Waals surface area contributed by atoms with Gasteiger partial charge in [0.1, 0.15) is 11.2 Å². The summed E-state index contributed by atoms with van der Waals surface area (Å²) in [5, 5.41) is 1.17. The average Bonchev–Trinajstić information content (AvgIpc) is 3.61. The molecule has 0 N–H and O–H groups in total. The Morgan fingerprint density at radius 3 is 1.51 bits per heavy atom. The summed E-state index contributed by atoms with van der Waals surface area (Å²) in [5.41, 5.74) is 4.83. The van der Waals surface area contributed by atoms with E-state index < -0.39 is 84.1 Å². The van der Waals surface area contributed by atoms with Gasteiger partial charge in [-0.05, 0) is 90.3 Å². The molecule has 0 saturated carbocycles. The molecule has 0 amide bonds. The van der Waals surface area contributed by atoms with E-state index in [-0.39, 0.29) is 32.7 Å². The maximum Gasteiger partial charge on any atom is 0.136 e. The predicted octanol–water partition coefficient (Wildman–Crippen LogP) is 12.6. The van der Waals surface area contributed by atoms with E-state index in [4.69, 9.17) is 22.2 Å². The zero-order chi connectivity index (χ0) is 41.1. The molecule has 8 aromatic carbocycles. The molecule has 0 atom stereocenters. The number of benzene rings is 8. The first kappa shape index (κ1) is 15.7. The van der Waals surface area contributed by atoms with Crippen LogP contribution in [0.2, 0.25) is 0 Å². The van der Waals surface area contributed by atoms with Crippen LogP contribution in [0.25, 0.3) is 88.0 Å². The summed E-state index contributed by atoms with van der Waals surface area (Å²) < 4.78 is 120. The molecule has 0 fully saturated rings. The molecule has 0 aliphatic heterocycles. The molecule has 45 heavy (non-hydrogen) atoms. The van der Waals surface area contributed by atoms with Crippen molar-refractivity contribution in [1.29, 1.82) is 0 Å². The van der Waals surface area contributed by atoms with Crippen LogP contribution >= 0.6 is 0 Å². The fourth-order valence-electron chi connectivity index (χ4n) is 6.13. The van der Waals surface area contributed by atoms with Crippen molar-refractivity contribution in [2.75, 3.05) is 0 Å². The summed E-state index contributed by atoms with van der Waals surface area (Å²) in [7, 11) is 0. The third-order valence-corrected chi connectivity index (χ3v) is 8.21. The number of furan rings is 1. The van der Waals surface area contributed by atoms with E-state index in [0.29, 0.717) is 11.1 Å². The molecule has 210 valence electrons. The van der Waals surface area contributed by atoms with Crippen molar-refractivity contribution in [1.82, 2.24) is 0 Å². The van der Waals surface area contributed by atoms with Gasteiger partial charge in [0.05, 0.1) is 17.8 Å². The van der Waals surface area contributed by atoms with Gasteiger partial charge in [-0.15, -0.1) is 0 Å². The lowest BCUT2D eigenvalue weighted by Gasteiger charge is -2.18. The lowest BCUT2D eigenvalue weighted by atomic mass is 9.86. The zero-order valence-electron chi connectivity index (χ0n) is 36.6. The molecule has 1 nitrogen and oxygen atoms in total. The van der Waals surface area contributed by atoms with Crippen molar-refractivity contribution < 1.29 is 22.2 Å². The summed E-state index contributed by atoms with van der Waals surface area (Å²) in [6.45, 7) is 0. The second kappa shape index (κ2) is 10.4. The standard InChI is InChI=1S/C44H28O/c1-3-11-29(12-4-1)33-24-26-41-40(27-33)35-25-23-34(28-42(35)45-41)30-19-21-32(22-20-30)44-38-17-9-7-15-36(38)43(31-13-5-2-6-14-31)37-16-8-10-18-39(37)44/h1-28H/i2D,5D,6D,7D,8D,9D,10D,13D,14D,15D,16D,17D,18D. The van der Waals surface area contributed by atoms with Gasteiger partial charge in [0.2, 0.25) is 0 Å². The van der Waals surface area contributed by atoms with Crippen LogP contribution in [0.1, 0.15) is 17.8 Å². The smallest absolute Gasteiger partial charge is 0.136 e. The van der Waals surface area contributed by atoms with Crippen molar-refractivity contribution in [2.45, 2.75) is 0 Å². The van der Waals surface area contributed by atoms with Gasteiger partial charge in [-0.2, -0.15) is 0 Å². The van der Waals surface area contributed by atoms with Crippen molar-refractivity contribution in [3.8, 4) is 44.5 Å². The molecule has 0 bridgehead atoms. The summed E-state index contributed by atoms with van der Waals surface area (Å²) in [4.78, 5) is 0. The van der Waals surface area contributed by atoms with Gasteiger partial charge in [0.25, 0.3) is 0 Å². The molecule has 9 rings (SSSR count). The Balaban J connectivity index is 1.30. The van der Waals surface area contributed by atoms with Gasteiger partial charge in [-0.3, -0.25) is 0 Å². The molecule has 0 unspecified atom stereocenters. The van der Waals surface area contributed by atoms with Gasteiger partial charge >= 0.3 is 0 Å². The lowest BCUT2D eigenvalue weighted by Crippen LogP contribution is -1.90. The van der Waals surface area contributed by atoms with Gasteiger partial charge in [-0.25, -0.2) is 0 Å².